The molecule has 0 bridgehead atoms. The molecule has 1 amide bonds. The lowest BCUT2D eigenvalue weighted by atomic mass is 10.1. The van der Waals surface area contributed by atoms with E-state index in [-0.39, 0.29) is 11.6 Å². The lowest BCUT2D eigenvalue weighted by Crippen LogP contribution is -2.34. The van der Waals surface area contributed by atoms with E-state index in [1.165, 1.54) is 0 Å². The van der Waals surface area contributed by atoms with E-state index in [1.54, 1.807) is 18.7 Å². The first kappa shape index (κ1) is 16.8. The molecule has 1 atom stereocenters. The van der Waals surface area contributed by atoms with Gasteiger partial charge in [-0.1, -0.05) is 6.92 Å². The van der Waals surface area contributed by atoms with Crippen molar-refractivity contribution in [2.75, 3.05) is 11.5 Å². The van der Waals surface area contributed by atoms with Crippen LogP contribution in [-0.4, -0.2) is 23.5 Å². The molecule has 0 radical (unpaired) electrons. The molecule has 0 aliphatic heterocycles. The van der Waals surface area contributed by atoms with Gasteiger partial charge >= 0.3 is 6.18 Å². The third kappa shape index (κ3) is 4.70. The van der Waals surface area contributed by atoms with Crippen molar-refractivity contribution < 1.29 is 22.4 Å². The van der Waals surface area contributed by atoms with Gasteiger partial charge in [-0.05, 0) is 30.9 Å². The van der Waals surface area contributed by atoms with Gasteiger partial charge in [-0.3, -0.25) is 4.79 Å². The molecule has 0 saturated carbocycles. The highest BCUT2D eigenvalue weighted by Gasteiger charge is 2.34. The molecule has 0 aromatic heterocycles. The lowest BCUT2D eigenvalue weighted by Gasteiger charge is -2.14. The Morgan fingerprint density at radius 3 is 2.60 bits per heavy atom. The van der Waals surface area contributed by atoms with Crippen LogP contribution in [0.4, 0.5) is 17.6 Å². The average molecular weight is 309 g/mol. The Labute approximate surface area is 118 Å². The van der Waals surface area contributed by atoms with Crippen LogP contribution in [0.3, 0.4) is 0 Å². The predicted octanol–water partition coefficient (Wildman–Crippen LogP) is 3.72. The lowest BCUT2D eigenvalue weighted by molar-refractivity contribution is -0.140. The van der Waals surface area contributed by atoms with E-state index >= 15 is 0 Å². The standard InChI is InChI=1S/C13H15F4NOS/c1-3-20-7-8(2)18-12(19)9-4-5-11(14)10(6-9)13(15,16)17/h4-6,8H,3,7H2,1-2H3,(H,18,19). The van der Waals surface area contributed by atoms with Crippen LogP contribution in [0.15, 0.2) is 18.2 Å². The Hall–Kier alpha value is -1.24. The Kier molecular flexibility index (Phi) is 5.86. The number of amides is 1. The van der Waals surface area contributed by atoms with Crippen LogP contribution in [0, 0.1) is 5.82 Å². The molecule has 1 unspecified atom stereocenters. The molecular weight excluding hydrogens is 294 g/mol. The first-order chi connectivity index (χ1) is 9.25. The van der Waals surface area contributed by atoms with Crippen LogP contribution in [0.2, 0.25) is 0 Å². The zero-order valence-electron chi connectivity index (χ0n) is 11.1. The average Bonchev–Trinajstić information content (AvgIpc) is 2.35. The molecule has 7 heteroatoms. The highest BCUT2D eigenvalue weighted by molar-refractivity contribution is 7.99. The fraction of sp³-hybridized carbons (Fsp3) is 0.462. The molecule has 0 spiro atoms. The number of thioether (sulfide) groups is 1. The fourth-order valence-corrected chi connectivity index (χ4v) is 2.20. The summed E-state index contributed by atoms with van der Waals surface area (Å²) < 4.78 is 50.7. The van der Waals surface area contributed by atoms with Gasteiger partial charge in [0, 0.05) is 17.4 Å². The summed E-state index contributed by atoms with van der Waals surface area (Å²) in [4.78, 5) is 11.8. The number of hydrogen-bond acceptors (Lipinski definition) is 2. The summed E-state index contributed by atoms with van der Waals surface area (Å²) in [6.07, 6.45) is -4.82. The number of nitrogens with one attached hydrogen (secondary N) is 1. The summed E-state index contributed by atoms with van der Waals surface area (Å²) >= 11 is 1.61. The van der Waals surface area contributed by atoms with Crippen LogP contribution in [0.5, 0.6) is 0 Å². The largest absolute Gasteiger partial charge is 0.419 e. The summed E-state index contributed by atoms with van der Waals surface area (Å²) in [5, 5.41) is 2.58. The minimum atomic E-state index is -4.82. The third-order valence-electron chi connectivity index (χ3n) is 2.48. The van der Waals surface area contributed by atoms with Crippen LogP contribution in [-0.2, 0) is 6.18 Å². The van der Waals surface area contributed by atoms with Gasteiger partial charge in [0.2, 0.25) is 0 Å². The second kappa shape index (κ2) is 6.97. The highest BCUT2D eigenvalue weighted by Crippen LogP contribution is 2.31. The number of hydrogen-bond donors (Lipinski definition) is 1. The summed E-state index contributed by atoms with van der Waals surface area (Å²) in [6, 6.07) is 2.06. The molecule has 2 nitrogen and oxygen atoms in total. The van der Waals surface area contributed by atoms with E-state index in [4.69, 9.17) is 0 Å². The maximum Gasteiger partial charge on any atom is 0.419 e. The van der Waals surface area contributed by atoms with Crippen molar-refractivity contribution in [3.05, 3.63) is 35.1 Å². The van der Waals surface area contributed by atoms with E-state index in [0.29, 0.717) is 17.9 Å². The number of alkyl halides is 3. The molecular formula is C13H15F4NOS. The first-order valence-electron chi connectivity index (χ1n) is 6.01. The molecule has 1 N–H and O–H groups in total. The van der Waals surface area contributed by atoms with Gasteiger partial charge < -0.3 is 5.32 Å². The Bertz CT molecular complexity index is 476. The summed E-state index contributed by atoms with van der Waals surface area (Å²) in [5.41, 5.74) is -1.63. The number of carbonyl (C=O) groups is 1. The molecule has 0 heterocycles. The molecule has 0 saturated heterocycles. The first-order valence-corrected chi connectivity index (χ1v) is 7.16. The molecule has 0 aliphatic rings. The topological polar surface area (TPSA) is 29.1 Å². The van der Waals surface area contributed by atoms with E-state index in [9.17, 15) is 22.4 Å². The molecule has 0 aliphatic carbocycles. The van der Waals surface area contributed by atoms with Crippen molar-refractivity contribution in [2.24, 2.45) is 0 Å². The molecule has 112 valence electrons. The number of benzene rings is 1. The van der Waals surface area contributed by atoms with Crippen LogP contribution < -0.4 is 5.32 Å². The zero-order chi connectivity index (χ0) is 15.3. The van der Waals surface area contributed by atoms with Gasteiger partial charge in [0.25, 0.3) is 5.91 Å². The maximum atomic E-state index is 13.1. The van der Waals surface area contributed by atoms with Gasteiger partial charge in [-0.15, -0.1) is 0 Å². The summed E-state index contributed by atoms with van der Waals surface area (Å²) in [7, 11) is 0. The zero-order valence-corrected chi connectivity index (χ0v) is 11.9. The van der Waals surface area contributed by atoms with Gasteiger partial charge in [0.05, 0.1) is 5.56 Å². The SMILES string of the molecule is CCSCC(C)NC(=O)c1ccc(F)c(C(F)(F)F)c1. The summed E-state index contributed by atoms with van der Waals surface area (Å²) in [6.45, 7) is 3.73. The Morgan fingerprint density at radius 2 is 2.05 bits per heavy atom. The number of carbonyl (C=O) groups excluding carboxylic acids is 1. The smallest absolute Gasteiger partial charge is 0.349 e. The van der Waals surface area contributed by atoms with Crippen LogP contribution in [0.1, 0.15) is 29.8 Å². The number of rotatable bonds is 5. The van der Waals surface area contributed by atoms with Crippen molar-refractivity contribution in [3.63, 3.8) is 0 Å². The minimum absolute atomic E-state index is 0.174. The molecule has 1 aromatic carbocycles. The highest BCUT2D eigenvalue weighted by atomic mass is 32.2. The Morgan fingerprint density at radius 1 is 1.40 bits per heavy atom. The quantitative estimate of drug-likeness (QED) is 0.840. The minimum Gasteiger partial charge on any atom is -0.349 e. The van der Waals surface area contributed by atoms with Gasteiger partial charge in [-0.2, -0.15) is 24.9 Å². The maximum absolute atomic E-state index is 13.1. The van der Waals surface area contributed by atoms with Gasteiger partial charge in [-0.25, -0.2) is 4.39 Å². The second-order valence-electron chi connectivity index (χ2n) is 4.23. The molecule has 1 aromatic rings. The predicted molar refractivity (Wildman–Crippen MR) is 71.3 cm³/mol. The van der Waals surface area contributed by atoms with E-state index in [2.05, 4.69) is 5.32 Å². The second-order valence-corrected chi connectivity index (χ2v) is 5.55. The monoisotopic (exact) mass is 309 g/mol. The van der Waals surface area contributed by atoms with Crippen molar-refractivity contribution in [3.8, 4) is 0 Å². The van der Waals surface area contributed by atoms with E-state index in [1.807, 2.05) is 6.92 Å². The van der Waals surface area contributed by atoms with Gasteiger partial charge in [0.15, 0.2) is 0 Å². The van der Waals surface area contributed by atoms with Crippen LogP contribution in [0.25, 0.3) is 0 Å². The van der Waals surface area contributed by atoms with E-state index < -0.39 is 23.5 Å². The van der Waals surface area contributed by atoms with Crippen molar-refractivity contribution >= 4 is 17.7 Å². The Balaban J connectivity index is 2.84. The van der Waals surface area contributed by atoms with E-state index in [0.717, 1.165) is 11.8 Å². The van der Waals surface area contributed by atoms with Crippen molar-refractivity contribution in [1.29, 1.82) is 0 Å². The summed E-state index contributed by atoms with van der Waals surface area (Å²) in [5.74, 6) is -0.479. The number of halogens is 4. The van der Waals surface area contributed by atoms with Crippen LogP contribution >= 0.6 is 11.8 Å². The molecule has 0 fully saturated rings. The fourth-order valence-electron chi connectivity index (χ4n) is 1.53. The molecule has 20 heavy (non-hydrogen) atoms. The third-order valence-corrected chi connectivity index (χ3v) is 3.63. The normalized spacial score (nSPS) is 13.1. The van der Waals surface area contributed by atoms with Gasteiger partial charge in [0.1, 0.15) is 5.82 Å². The molecule has 1 rings (SSSR count). The van der Waals surface area contributed by atoms with Crippen molar-refractivity contribution in [2.45, 2.75) is 26.1 Å². The van der Waals surface area contributed by atoms with Crippen molar-refractivity contribution in [1.82, 2.24) is 5.32 Å².